The fraction of sp³-hybridized carbons (Fsp3) is 0.429. The van der Waals surface area contributed by atoms with E-state index in [9.17, 15) is 4.39 Å². The van der Waals surface area contributed by atoms with Gasteiger partial charge in [-0.3, -0.25) is 0 Å². The second-order valence-electron chi connectivity index (χ2n) is 4.33. The predicted octanol–water partition coefficient (Wildman–Crippen LogP) is 3.93. The Balaban J connectivity index is 2.28. The van der Waals surface area contributed by atoms with Crippen molar-refractivity contribution in [2.24, 2.45) is 0 Å². The Hall–Kier alpha value is -0.870. The maximum absolute atomic E-state index is 13.6. The van der Waals surface area contributed by atoms with Gasteiger partial charge in [-0.2, -0.15) is 0 Å². The maximum Gasteiger partial charge on any atom is 0.137 e. The highest BCUT2D eigenvalue weighted by molar-refractivity contribution is 9.10. The molecule has 98 valence electrons. The third-order valence-corrected chi connectivity index (χ3v) is 3.66. The molecular weight excluding hydrogens is 297 g/mol. The van der Waals surface area contributed by atoms with Crippen molar-refractivity contribution in [2.45, 2.75) is 25.8 Å². The van der Waals surface area contributed by atoms with Crippen LogP contribution >= 0.6 is 15.9 Å². The molecule has 0 radical (unpaired) electrons. The SMILES string of the molecule is CCNC(C1=COCCC1)c1ccc(Br)c(F)c1. The van der Waals surface area contributed by atoms with E-state index in [0.29, 0.717) is 4.47 Å². The standard InChI is InChI=1S/C14H17BrFNO/c1-2-17-14(11-4-3-7-18-9-11)10-5-6-12(15)13(16)8-10/h5-6,8-9,14,17H,2-4,7H2,1H3. The number of ether oxygens (including phenoxy) is 1. The molecule has 2 rings (SSSR count). The van der Waals surface area contributed by atoms with Crippen LogP contribution in [0.5, 0.6) is 0 Å². The van der Waals surface area contributed by atoms with Crippen molar-refractivity contribution in [3.63, 3.8) is 0 Å². The van der Waals surface area contributed by atoms with Crippen LogP contribution in [0.3, 0.4) is 0 Å². The van der Waals surface area contributed by atoms with Crippen LogP contribution in [-0.2, 0) is 4.74 Å². The molecule has 0 aliphatic carbocycles. The fourth-order valence-corrected chi connectivity index (χ4v) is 2.40. The summed E-state index contributed by atoms with van der Waals surface area (Å²) in [5, 5.41) is 3.39. The molecule has 4 heteroatoms. The predicted molar refractivity (Wildman–Crippen MR) is 73.8 cm³/mol. The van der Waals surface area contributed by atoms with Crippen molar-refractivity contribution >= 4 is 15.9 Å². The molecule has 1 aliphatic rings. The molecule has 18 heavy (non-hydrogen) atoms. The lowest BCUT2D eigenvalue weighted by atomic mass is 9.95. The number of hydrogen-bond acceptors (Lipinski definition) is 2. The van der Waals surface area contributed by atoms with Gasteiger partial charge in [0.2, 0.25) is 0 Å². The van der Waals surface area contributed by atoms with Crippen LogP contribution in [0.2, 0.25) is 0 Å². The van der Waals surface area contributed by atoms with E-state index < -0.39 is 0 Å². The first kappa shape index (κ1) is 13.6. The molecule has 1 aromatic carbocycles. The van der Waals surface area contributed by atoms with Gasteiger partial charge in [0.15, 0.2) is 0 Å². The smallest absolute Gasteiger partial charge is 0.137 e. The Morgan fingerprint density at radius 1 is 1.50 bits per heavy atom. The summed E-state index contributed by atoms with van der Waals surface area (Å²) in [7, 11) is 0. The quantitative estimate of drug-likeness (QED) is 0.909. The van der Waals surface area contributed by atoms with Gasteiger partial charge in [0.1, 0.15) is 5.82 Å². The lowest BCUT2D eigenvalue weighted by molar-refractivity contribution is 0.219. The largest absolute Gasteiger partial charge is 0.501 e. The van der Waals surface area contributed by atoms with Gasteiger partial charge in [-0.25, -0.2) is 4.39 Å². The Kier molecular flexibility index (Phi) is 4.78. The summed E-state index contributed by atoms with van der Waals surface area (Å²) in [6, 6.07) is 5.31. The van der Waals surface area contributed by atoms with Crippen molar-refractivity contribution in [2.75, 3.05) is 13.2 Å². The molecule has 1 aromatic rings. The van der Waals surface area contributed by atoms with E-state index in [1.165, 1.54) is 5.57 Å². The zero-order valence-electron chi connectivity index (χ0n) is 10.4. The van der Waals surface area contributed by atoms with Gasteiger partial charge in [-0.15, -0.1) is 0 Å². The molecule has 0 spiro atoms. The van der Waals surface area contributed by atoms with E-state index in [1.54, 1.807) is 12.1 Å². The first-order valence-corrected chi connectivity index (χ1v) is 7.00. The highest BCUT2D eigenvalue weighted by atomic mass is 79.9. The van der Waals surface area contributed by atoms with Crippen molar-refractivity contribution in [3.05, 3.63) is 45.9 Å². The van der Waals surface area contributed by atoms with Crippen molar-refractivity contribution < 1.29 is 9.13 Å². The third-order valence-electron chi connectivity index (χ3n) is 3.02. The van der Waals surface area contributed by atoms with Gasteiger partial charge in [-0.1, -0.05) is 13.0 Å². The highest BCUT2D eigenvalue weighted by Gasteiger charge is 2.19. The van der Waals surface area contributed by atoms with Gasteiger partial charge in [0.05, 0.1) is 23.4 Å². The molecule has 1 aliphatic heterocycles. The van der Waals surface area contributed by atoms with Crippen LogP contribution in [-0.4, -0.2) is 13.2 Å². The Morgan fingerprint density at radius 2 is 2.33 bits per heavy atom. The van der Waals surface area contributed by atoms with Gasteiger partial charge in [0.25, 0.3) is 0 Å². The Labute approximate surface area is 115 Å². The molecule has 2 nitrogen and oxygen atoms in total. The molecule has 0 bridgehead atoms. The molecule has 1 atom stereocenters. The van der Waals surface area contributed by atoms with Crippen LogP contribution in [0.1, 0.15) is 31.4 Å². The van der Waals surface area contributed by atoms with E-state index >= 15 is 0 Å². The normalized spacial score (nSPS) is 16.9. The number of likely N-dealkylation sites (N-methyl/N-ethyl adjacent to an activating group) is 1. The molecule has 1 heterocycles. The molecule has 1 unspecified atom stereocenters. The zero-order chi connectivity index (χ0) is 13.0. The molecule has 0 fully saturated rings. The average molecular weight is 314 g/mol. The van der Waals surface area contributed by atoms with Crippen molar-refractivity contribution in [1.82, 2.24) is 5.32 Å². The van der Waals surface area contributed by atoms with Crippen LogP contribution < -0.4 is 5.32 Å². The van der Waals surface area contributed by atoms with E-state index in [4.69, 9.17) is 4.74 Å². The summed E-state index contributed by atoms with van der Waals surface area (Å²) in [6.45, 7) is 3.66. The van der Waals surface area contributed by atoms with Gasteiger partial charge in [-0.05, 0) is 58.6 Å². The average Bonchev–Trinajstić information content (AvgIpc) is 2.40. The van der Waals surface area contributed by atoms with E-state index in [-0.39, 0.29) is 11.9 Å². The molecule has 1 N–H and O–H groups in total. The van der Waals surface area contributed by atoms with Crippen LogP contribution in [0, 0.1) is 5.82 Å². The minimum absolute atomic E-state index is 0.0397. The van der Waals surface area contributed by atoms with Crippen molar-refractivity contribution in [3.8, 4) is 0 Å². The van der Waals surface area contributed by atoms with Gasteiger partial charge < -0.3 is 10.1 Å². The van der Waals surface area contributed by atoms with Crippen LogP contribution in [0.15, 0.2) is 34.5 Å². The summed E-state index contributed by atoms with van der Waals surface area (Å²) in [5.41, 5.74) is 2.12. The molecule has 0 saturated heterocycles. The minimum Gasteiger partial charge on any atom is -0.501 e. The summed E-state index contributed by atoms with van der Waals surface area (Å²) in [5.74, 6) is -0.229. The van der Waals surface area contributed by atoms with Gasteiger partial charge >= 0.3 is 0 Å². The van der Waals surface area contributed by atoms with E-state index in [0.717, 1.165) is 31.6 Å². The summed E-state index contributed by atoms with van der Waals surface area (Å²) in [6.07, 6.45) is 3.83. The second-order valence-corrected chi connectivity index (χ2v) is 5.19. The van der Waals surface area contributed by atoms with Crippen molar-refractivity contribution in [1.29, 1.82) is 0 Å². The maximum atomic E-state index is 13.6. The first-order chi connectivity index (χ1) is 8.72. The third kappa shape index (κ3) is 3.12. The molecule has 0 saturated carbocycles. The first-order valence-electron chi connectivity index (χ1n) is 6.21. The Morgan fingerprint density at radius 3 is 2.94 bits per heavy atom. The monoisotopic (exact) mass is 313 g/mol. The summed E-state index contributed by atoms with van der Waals surface area (Å²) < 4.78 is 19.5. The van der Waals surface area contributed by atoms with E-state index in [2.05, 4.69) is 21.2 Å². The fourth-order valence-electron chi connectivity index (χ4n) is 2.16. The topological polar surface area (TPSA) is 21.3 Å². The Bertz CT molecular complexity index is 447. The molecule has 0 amide bonds. The minimum atomic E-state index is -0.229. The zero-order valence-corrected chi connectivity index (χ0v) is 12.0. The number of benzene rings is 1. The lowest BCUT2D eigenvalue weighted by Gasteiger charge is -2.24. The second kappa shape index (κ2) is 6.34. The number of hydrogen-bond donors (Lipinski definition) is 1. The molecule has 0 aromatic heterocycles. The number of nitrogens with one attached hydrogen (secondary N) is 1. The number of rotatable bonds is 4. The summed E-state index contributed by atoms with van der Waals surface area (Å²) in [4.78, 5) is 0. The van der Waals surface area contributed by atoms with Crippen LogP contribution in [0.25, 0.3) is 0 Å². The number of halogens is 2. The van der Waals surface area contributed by atoms with E-state index in [1.807, 2.05) is 19.3 Å². The summed E-state index contributed by atoms with van der Waals surface area (Å²) >= 11 is 3.18. The van der Waals surface area contributed by atoms with Gasteiger partial charge in [0, 0.05) is 0 Å². The van der Waals surface area contributed by atoms with Crippen LogP contribution in [0.4, 0.5) is 4.39 Å². The lowest BCUT2D eigenvalue weighted by Crippen LogP contribution is -2.24. The molecular formula is C14H17BrFNO. The highest BCUT2D eigenvalue weighted by Crippen LogP contribution is 2.29.